The van der Waals surface area contributed by atoms with Crippen LogP contribution in [-0.2, 0) is 15.3 Å². The maximum atomic E-state index is 5.88. The van der Waals surface area contributed by atoms with Crippen LogP contribution in [0, 0.1) is 0 Å². The number of hydrogen-bond donors (Lipinski definition) is 2. The number of rotatable bonds is 2. The van der Waals surface area contributed by atoms with Gasteiger partial charge in [0.05, 0.1) is 24.6 Å². The fourth-order valence-corrected chi connectivity index (χ4v) is 1.75. The van der Waals surface area contributed by atoms with E-state index < -0.39 is 5.79 Å². The molecule has 3 N–H and O–H groups in total. The van der Waals surface area contributed by atoms with Crippen LogP contribution in [0.2, 0.25) is 0 Å². The Morgan fingerprint density at radius 3 is 2.53 bits per heavy atom. The third kappa shape index (κ3) is 1.78. The van der Waals surface area contributed by atoms with Gasteiger partial charge in [-0.25, -0.2) is 0 Å². The number of hydrogen-bond acceptors (Lipinski definition) is 4. The Hall–Kier alpha value is -1.26. The molecule has 4 heteroatoms. The lowest BCUT2D eigenvalue weighted by atomic mass is 10.1. The Labute approximate surface area is 89.4 Å². The van der Waals surface area contributed by atoms with E-state index in [2.05, 4.69) is 5.32 Å². The van der Waals surface area contributed by atoms with Gasteiger partial charge in [0.1, 0.15) is 0 Å². The molecule has 15 heavy (non-hydrogen) atoms. The van der Waals surface area contributed by atoms with Crippen LogP contribution < -0.4 is 11.1 Å². The van der Waals surface area contributed by atoms with Crippen molar-refractivity contribution in [2.75, 3.05) is 31.3 Å². The Bertz CT molecular complexity index is 360. The van der Waals surface area contributed by atoms with Gasteiger partial charge in [0.25, 0.3) is 0 Å². The smallest absolute Gasteiger partial charge is 0.192 e. The van der Waals surface area contributed by atoms with Gasteiger partial charge in [0, 0.05) is 12.6 Å². The van der Waals surface area contributed by atoms with Gasteiger partial charge >= 0.3 is 0 Å². The van der Waals surface area contributed by atoms with Crippen molar-refractivity contribution in [3.05, 3.63) is 23.8 Å². The average molecular weight is 208 g/mol. The monoisotopic (exact) mass is 208 g/mol. The lowest BCUT2D eigenvalue weighted by Crippen LogP contribution is -2.22. The summed E-state index contributed by atoms with van der Waals surface area (Å²) in [6.07, 6.45) is 0. The second-order valence-corrected chi connectivity index (χ2v) is 3.69. The lowest BCUT2D eigenvalue weighted by Gasteiger charge is -2.23. The van der Waals surface area contributed by atoms with Crippen molar-refractivity contribution in [2.45, 2.75) is 12.7 Å². The molecule has 0 radical (unpaired) electrons. The topological polar surface area (TPSA) is 56.5 Å². The minimum atomic E-state index is -0.639. The van der Waals surface area contributed by atoms with Crippen molar-refractivity contribution in [3.8, 4) is 0 Å². The standard InChI is InChI=1S/C11H16N2O2/c1-11(14-5-6-15-11)8-3-4-10(13-2)9(12)7-8/h3-4,7,13H,5-6,12H2,1-2H3. The summed E-state index contributed by atoms with van der Waals surface area (Å²) >= 11 is 0. The fourth-order valence-electron chi connectivity index (χ4n) is 1.75. The maximum absolute atomic E-state index is 5.88. The van der Waals surface area contributed by atoms with E-state index in [4.69, 9.17) is 15.2 Å². The molecule has 1 aliphatic rings. The second kappa shape index (κ2) is 3.72. The summed E-state index contributed by atoms with van der Waals surface area (Å²) in [7, 11) is 1.84. The summed E-state index contributed by atoms with van der Waals surface area (Å²) in [5, 5.41) is 3.02. The van der Waals surface area contributed by atoms with E-state index in [0.717, 1.165) is 11.3 Å². The highest BCUT2D eigenvalue weighted by molar-refractivity contribution is 5.67. The molecule has 0 unspecified atom stereocenters. The van der Waals surface area contributed by atoms with E-state index in [1.54, 1.807) is 0 Å². The molecule has 0 aromatic heterocycles. The van der Waals surface area contributed by atoms with E-state index in [0.29, 0.717) is 18.9 Å². The van der Waals surface area contributed by atoms with Crippen molar-refractivity contribution in [1.29, 1.82) is 0 Å². The molecule has 0 amide bonds. The van der Waals surface area contributed by atoms with Gasteiger partial charge in [-0.2, -0.15) is 0 Å². The predicted molar refractivity (Wildman–Crippen MR) is 59.7 cm³/mol. The van der Waals surface area contributed by atoms with Crippen LogP contribution in [0.5, 0.6) is 0 Å². The van der Waals surface area contributed by atoms with Gasteiger partial charge in [-0.3, -0.25) is 0 Å². The van der Waals surface area contributed by atoms with E-state index in [1.807, 2.05) is 32.2 Å². The van der Waals surface area contributed by atoms with Gasteiger partial charge in [-0.05, 0) is 19.1 Å². The van der Waals surface area contributed by atoms with Gasteiger partial charge in [0.15, 0.2) is 5.79 Å². The molecule has 0 bridgehead atoms. The maximum Gasteiger partial charge on any atom is 0.192 e. The Morgan fingerprint density at radius 2 is 2.00 bits per heavy atom. The van der Waals surface area contributed by atoms with Crippen molar-refractivity contribution in [2.24, 2.45) is 0 Å². The zero-order chi connectivity index (χ0) is 10.9. The number of nitrogens with two attached hydrogens (primary N) is 1. The summed E-state index contributed by atoms with van der Waals surface area (Å²) < 4.78 is 11.1. The Kier molecular flexibility index (Phi) is 2.54. The lowest BCUT2D eigenvalue weighted by molar-refractivity contribution is -0.149. The third-order valence-electron chi connectivity index (χ3n) is 2.68. The molecular formula is C11H16N2O2. The molecule has 1 aliphatic heterocycles. The van der Waals surface area contributed by atoms with Crippen LogP contribution in [0.1, 0.15) is 12.5 Å². The molecule has 1 fully saturated rings. The minimum Gasteiger partial charge on any atom is -0.397 e. The zero-order valence-corrected chi connectivity index (χ0v) is 9.04. The predicted octanol–water partition coefficient (Wildman–Crippen LogP) is 1.53. The first kappa shape index (κ1) is 10.3. The first-order chi connectivity index (χ1) is 7.15. The molecule has 0 atom stereocenters. The number of nitrogens with one attached hydrogen (secondary N) is 1. The molecule has 1 heterocycles. The van der Waals surface area contributed by atoms with Crippen LogP contribution in [0.4, 0.5) is 11.4 Å². The molecule has 0 spiro atoms. The summed E-state index contributed by atoms with van der Waals surface area (Å²) in [6, 6.07) is 5.78. The van der Waals surface area contributed by atoms with Gasteiger partial charge in [0.2, 0.25) is 0 Å². The van der Waals surface area contributed by atoms with Crippen molar-refractivity contribution < 1.29 is 9.47 Å². The Balaban J connectivity index is 2.33. The summed E-state index contributed by atoms with van der Waals surface area (Å²) in [4.78, 5) is 0. The highest BCUT2D eigenvalue weighted by Crippen LogP contribution is 2.33. The number of ether oxygens (including phenoxy) is 2. The fraction of sp³-hybridized carbons (Fsp3) is 0.455. The second-order valence-electron chi connectivity index (χ2n) is 3.69. The number of nitrogen functional groups attached to an aromatic ring is 1. The molecule has 4 nitrogen and oxygen atoms in total. The largest absolute Gasteiger partial charge is 0.397 e. The average Bonchev–Trinajstić information content (AvgIpc) is 2.66. The van der Waals surface area contributed by atoms with E-state index in [-0.39, 0.29) is 0 Å². The quantitative estimate of drug-likeness (QED) is 0.724. The van der Waals surface area contributed by atoms with Crippen LogP contribution >= 0.6 is 0 Å². The normalized spacial score (nSPS) is 19.1. The number of benzene rings is 1. The molecule has 0 saturated carbocycles. The summed E-state index contributed by atoms with van der Waals surface area (Å²) in [6.45, 7) is 3.17. The van der Waals surface area contributed by atoms with Crippen molar-refractivity contribution >= 4 is 11.4 Å². The molecule has 1 aromatic rings. The molecular weight excluding hydrogens is 192 g/mol. The first-order valence-electron chi connectivity index (χ1n) is 5.01. The van der Waals surface area contributed by atoms with Gasteiger partial charge in [-0.15, -0.1) is 0 Å². The van der Waals surface area contributed by atoms with Crippen LogP contribution in [0.3, 0.4) is 0 Å². The number of anilines is 2. The van der Waals surface area contributed by atoms with Crippen molar-refractivity contribution in [1.82, 2.24) is 0 Å². The van der Waals surface area contributed by atoms with E-state index in [9.17, 15) is 0 Å². The SMILES string of the molecule is CNc1ccc(C2(C)OCCO2)cc1N. The highest BCUT2D eigenvalue weighted by atomic mass is 16.7. The summed E-state index contributed by atoms with van der Waals surface area (Å²) in [5.41, 5.74) is 8.46. The Morgan fingerprint density at radius 1 is 1.33 bits per heavy atom. The van der Waals surface area contributed by atoms with Crippen LogP contribution in [0.25, 0.3) is 0 Å². The van der Waals surface area contributed by atoms with Gasteiger partial charge < -0.3 is 20.5 Å². The molecule has 1 aromatic carbocycles. The molecule has 1 saturated heterocycles. The van der Waals surface area contributed by atoms with Gasteiger partial charge in [-0.1, -0.05) is 6.07 Å². The van der Waals surface area contributed by atoms with Crippen molar-refractivity contribution in [3.63, 3.8) is 0 Å². The summed E-state index contributed by atoms with van der Waals surface area (Å²) in [5.74, 6) is -0.639. The van der Waals surface area contributed by atoms with Crippen LogP contribution in [0.15, 0.2) is 18.2 Å². The van der Waals surface area contributed by atoms with E-state index >= 15 is 0 Å². The van der Waals surface area contributed by atoms with Crippen LogP contribution in [-0.4, -0.2) is 20.3 Å². The van der Waals surface area contributed by atoms with E-state index in [1.165, 1.54) is 0 Å². The molecule has 0 aliphatic carbocycles. The first-order valence-corrected chi connectivity index (χ1v) is 5.01. The zero-order valence-electron chi connectivity index (χ0n) is 9.04. The highest BCUT2D eigenvalue weighted by Gasteiger charge is 2.33. The molecule has 82 valence electrons. The third-order valence-corrected chi connectivity index (χ3v) is 2.68. The minimum absolute atomic E-state index is 0.629. The molecule has 2 rings (SSSR count).